The second kappa shape index (κ2) is 10.2. The first-order valence-electron chi connectivity index (χ1n) is 16.0. The zero-order valence-corrected chi connectivity index (χ0v) is 25.6. The molecule has 0 amide bonds. The van der Waals surface area contributed by atoms with Crippen LogP contribution in [0.15, 0.2) is 24.3 Å². The van der Waals surface area contributed by atoms with Crippen molar-refractivity contribution in [3.05, 3.63) is 47.0 Å². The Balaban J connectivity index is 1.28. The van der Waals surface area contributed by atoms with Gasteiger partial charge in [-0.2, -0.15) is 23.1 Å². The van der Waals surface area contributed by atoms with Crippen LogP contribution in [0.3, 0.4) is 0 Å². The minimum atomic E-state index is -4.94. The fourth-order valence-corrected chi connectivity index (χ4v) is 8.73. The van der Waals surface area contributed by atoms with Crippen LogP contribution >= 0.6 is 0 Å². The fraction of sp³-hybridized carbons (Fsp3) is 0.545. The quantitative estimate of drug-likeness (QED) is 0.259. The van der Waals surface area contributed by atoms with E-state index in [1.807, 2.05) is 4.90 Å². The predicted octanol–water partition coefficient (Wildman–Crippen LogP) is 5.77. The molecule has 0 spiro atoms. The molecule has 0 unspecified atom stereocenters. The topological polar surface area (TPSA) is 92.4 Å². The summed E-state index contributed by atoms with van der Waals surface area (Å²) < 4.78 is 81.7. The van der Waals surface area contributed by atoms with E-state index in [0.29, 0.717) is 24.8 Å². The van der Waals surface area contributed by atoms with Gasteiger partial charge in [-0.05, 0) is 82.0 Å². The van der Waals surface area contributed by atoms with Gasteiger partial charge in [0.25, 0.3) is 0 Å². The van der Waals surface area contributed by atoms with Crippen molar-refractivity contribution in [1.82, 2.24) is 25.2 Å². The van der Waals surface area contributed by atoms with Crippen LogP contribution in [0.4, 0.5) is 33.6 Å². The standard InChI is InChI=1S/C33H36F5N7O/c1-17-12-31(7-3-9-45(31)13-17)16-46-30-41-27-21(29(42-30)44-14-20-6-8-32(15-44,43-20)19-4-5-19)11-22(34)24(26(27)35)28-25(33(36,37)38)18(2)10-23(39)40-28/h10-11,19-20,43H,1,3-9,12-16H2,2H3,(H2,39,40)/t20-,31-,32+/m0/s1. The molecule has 8 rings (SSSR count). The Morgan fingerprint density at radius 3 is 2.70 bits per heavy atom. The Morgan fingerprint density at radius 1 is 1.13 bits per heavy atom. The number of fused-ring (bicyclic) bond motifs is 4. The Hall–Kier alpha value is -3.58. The maximum absolute atomic E-state index is 16.7. The number of hydrogen-bond acceptors (Lipinski definition) is 8. The van der Waals surface area contributed by atoms with Crippen LogP contribution in [-0.4, -0.2) is 69.8 Å². The number of anilines is 2. The van der Waals surface area contributed by atoms with Gasteiger partial charge in [-0.15, -0.1) is 0 Å². The van der Waals surface area contributed by atoms with Gasteiger partial charge in [0, 0.05) is 36.6 Å². The molecule has 0 radical (unpaired) electrons. The van der Waals surface area contributed by atoms with Gasteiger partial charge >= 0.3 is 12.2 Å². The summed E-state index contributed by atoms with van der Waals surface area (Å²) in [4.78, 5) is 17.4. The summed E-state index contributed by atoms with van der Waals surface area (Å²) in [6.07, 6.45) is 1.97. The van der Waals surface area contributed by atoms with Gasteiger partial charge in [0.2, 0.25) is 0 Å². The third-order valence-corrected chi connectivity index (χ3v) is 10.8. The maximum Gasteiger partial charge on any atom is 0.418 e. The largest absolute Gasteiger partial charge is 0.461 e. The smallest absolute Gasteiger partial charge is 0.418 e. The van der Waals surface area contributed by atoms with Gasteiger partial charge < -0.3 is 20.7 Å². The molecule has 4 aliphatic heterocycles. The third-order valence-electron chi connectivity index (χ3n) is 10.8. The second-order valence-electron chi connectivity index (χ2n) is 14.0. The number of pyridine rings is 1. The number of nitrogen functional groups attached to an aromatic ring is 1. The number of ether oxygens (including phenoxy) is 1. The molecule has 5 aliphatic rings. The minimum absolute atomic E-state index is 0.0717. The lowest BCUT2D eigenvalue weighted by molar-refractivity contribution is -0.137. The van der Waals surface area contributed by atoms with E-state index in [-0.39, 0.29) is 52.0 Å². The van der Waals surface area contributed by atoms with Gasteiger partial charge in [0.05, 0.1) is 22.4 Å². The van der Waals surface area contributed by atoms with E-state index in [1.54, 1.807) is 0 Å². The highest BCUT2D eigenvalue weighted by atomic mass is 19.4. The summed E-state index contributed by atoms with van der Waals surface area (Å²) in [6, 6.07) is 2.14. The Kier molecular flexibility index (Phi) is 6.61. The lowest BCUT2D eigenvalue weighted by Gasteiger charge is -2.42. The van der Waals surface area contributed by atoms with Crippen LogP contribution in [0.25, 0.3) is 22.2 Å². The Bertz CT molecular complexity index is 1780. The number of nitrogens with two attached hydrogens (primary N) is 1. The third kappa shape index (κ3) is 4.71. The average molecular weight is 642 g/mol. The van der Waals surface area contributed by atoms with Crippen LogP contribution in [-0.2, 0) is 6.18 Å². The van der Waals surface area contributed by atoms with Crippen LogP contribution in [0.2, 0.25) is 0 Å². The van der Waals surface area contributed by atoms with Crippen LogP contribution in [0, 0.1) is 24.5 Å². The number of benzene rings is 1. The Morgan fingerprint density at radius 2 is 1.93 bits per heavy atom. The van der Waals surface area contributed by atoms with Gasteiger partial charge in [0.15, 0.2) is 5.82 Å². The molecule has 4 saturated heterocycles. The molecular weight excluding hydrogens is 605 g/mol. The van der Waals surface area contributed by atoms with Gasteiger partial charge in [0.1, 0.15) is 29.6 Å². The van der Waals surface area contributed by atoms with Crippen molar-refractivity contribution in [2.75, 3.05) is 43.4 Å². The lowest BCUT2D eigenvalue weighted by atomic mass is 9.90. The molecule has 6 heterocycles. The van der Waals surface area contributed by atoms with Crippen LogP contribution in [0.1, 0.15) is 56.1 Å². The first kappa shape index (κ1) is 29.8. The number of aryl methyl sites for hydroxylation is 1. The minimum Gasteiger partial charge on any atom is -0.461 e. The van der Waals surface area contributed by atoms with Gasteiger partial charge in [-0.3, -0.25) is 4.90 Å². The summed E-state index contributed by atoms with van der Waals surface area (Å²) >= 11 is 0. The number of hydrogen-bond donors (Lipinski definition) is 2. The molecule has 1 aromatic carbocycles. The molecule has 46 heavy (non-hydrogen) atoms. The Labute approximate surface area is 263 Å². The zero-order chi connectivity index (χ0) is 32.2. The molecule has 3 N–H and O–H groups in total. The van der Waals surface area contributed by atoms with Crippen molar-refractivity contribution < 1.29 is 26.7 Å². The molecule has 1 aliphatic carbocycles. The van der Waals surface area contributed by atoms with Crippen molar-refractivity contribution in [3.63, 3.8) is 0 Å². The first-order valence-corrected chi connectivity index (χ1v) is 16.0. The highest BCUT2D eigenvalue weighted by molar-refractivity contribution is 5.94. The van der Waals surface area contributed by atoms with E-state index in [9.17, 15) is 13.2 Å². The SMILES string of the molecule is C=C1CN2CCC[C@@]2(COc2nc(N3C[C@@H]4CC[C@](C5CC5)(C3)N4)c3cc(F)c(-c4nc(N)cc(C)c4C(F)(F)F)c(F)c3n2)C1. The molecule has 5 fully saturated rings. The highest BCUT2D eigenvalue weighted by Crippen LogP contribution is 2.49. The molecule has 3 atom stereocenters. The highest BCUT2D eigenvalue weighted by Gasteiger charge is 2.53. The summed E-state index contributed by atoms with van der Waals surface area (Å²) in [5.41, 5.74) is 2.81. The van der Waals surface area contributed by atoms with Crippen molar-refractivity contribution >= 4 is 22.5 Å². The number of nitrogens with one attached hydrogen (secondary N) is 1. The molecule has 8 nitrogen and oxygen atoms in total. The molecule has 2 bridgehead atoms. The number of nitrogens with zero attached hydrogens (tertiary/aromatic N) is 5. The van der Waals surface area contributed by atoms with Crippen molar-refractivity contribution in [2.24, 2.45) is 5.92 Å². The number of aromatic nitrogens is 3. The number of halogens is 5. The summed E-state index contributed by atoms with van der Waals surface area (Å²) in [6.45, 7) is 8.47. The van der Waals surface area contributed by atoms with Gasteiger partial charge in [-0.25, -0.2) is 13.8 Å². The molecule has 1 saturated carbocycles. The molecule has 244 valence electrons. The number of alkyl halides is 3. The zero-order valence-electron chi connectivity index (χ0n) is 25.6. The van der Waals surface area contributed by atoms with Crippen molar-refractivity contribution in [2.45, 2.75) is 75.2 Å². The van der Waals surface area contributed by atoms with E-state index in [2.05, 4.69) is 26.8 Å². The second-order valence-corrected chi connectivity index (χ2v) is 14.0. The van der Waals surface area contributed by atoms with E-state index in [0.717, 1.165) is 75.7 Å². The first-order chi connectivity index (χ1) is 21.9. The van der Waals surface area contributed by atoms with E-state index >= 15 is 8.78 Å². The van der Waals surface area contributed by atoms with Crippen LogP contribution < -0.4 is 20.7 Å². The average Bonchev–Trinajstić information content (AvgIpc) is 3.62. The molecule has 3 aromatic rings. The monoisotopic (exact) mass is 641 g/mol. The van der Waals surface area contributed by atoms with Crippen LogP contribution in [0.5, 0.6) is 6.01 Å². The number of piperazine rings is 1. The normalized spacial score (nSPS) is 28.0. The summed E-state index contributed by atoms with van der Waals surface area (Å²) in [5, 5.41) is 3.87. The number of rotatable bonds is 6. The predicted molar refractivity (Wildman–Crippen MR) is 163 cm³/mol. The maximum atomic E-state index is 16.7. The fourth-order valence-electron chi connectivity index (χ4n) is 8.73. The molecule has 13 heteroatoms. The van der Waals surface area contributed by atoms with Crippen molar-refractivity contribution in [3.8, 4) is 17.3 Å². The van der Waals surface area contributed by atoms with E-state index in [4.69, 9.17) is 15.5 Å². The van der Waals surface area contributed by atoms with Gasteiger partial charge in [-0.1, -0.05) is 12.2 Å². The molecule has 2 aromatic heterocycles. The summed E-state index contributed by atoms with van der Waals surface area (Å²) in [5.74, 6) is -1.92. The lowest BCUT2D eigenvalue weighted by Crippen LogP contribution is -2.61. The molecular formula is C33H36F5N7O. The van der Waals surface area contributed by atoms with E-state index < -0.39 is 34.6 Å². The van der Waals surface area contributed by atoms with Crippen molar-refractivity contribution in [1.29, 1.82) is 0 Å². The summed E-state index contributed by atoms with van der Waals surface area (Å²) in [7, 11) is 0. The van der Waals surface area contributed by atoms with E-state index in [1.165, 1.54) is 6.92 Å².